The van der Waals surface area contributed by atoms with Crippen LogP contribution in [0.5, 0.6) is 0 Å². The Kier molecular flexibility index (Phi) is 5.18. The zero-order chi connectivity index (χ0) is 17.6. The minimum atomic E-state index is -0.298. The maximum atomic E-state index is 12.9. The maximum absolute atomic E-state index is 12.9. The number of hydrogen-bond donors (Lipinski definition) is 1. The van der Waals surface area contributed by atoms with E-state index in [1.807, 2.05) is 37.3 Å². The van der Waals surface area contributed by atoms with Gasteiger partial charge < -0.3 is 9.84 Å². The quantitative estimate of drug-likeness (QED) is 0.744. The topological polar surface area (TPSA) is 68.0 Å². The molecule has 1 amide bonds. The fraction of sp³-hybridized carbons (Fsp3) is 0.211. The average molecular weight is 339 g/mol. The van der Waals surface area contributed by atoms with Crippen LogP contribution < -0.4 is 5.32 Å². The van der Waals surface area contributed by atoms with Crippen LogP contribution in [-0.2, 0) is 11.2 Å². The second kappa shape index (κ2) is 7.70. The van der Waals surface area contributed by atoms with Crippen LogP contribution in [0.2, 0.25) is 0 Å². The van der Waals surface area contributed by atoms with Gasteiger partial charge in [0.15, 0.2) is 0 Å². The molecule has 0 fully saturated rings. The van der Waals surface area contributed by atoms with Gasteiger partial charge in [0, 0.05) is 18.4 Å². The van der Waals surface area contributed by atoms with Gasteiger partial charge in [0.25, 0.3) is 0 Å². The first-order valence-corrected chi connectivity index (χ1v) is 8.04. The summed E-state index contributed by atoms with van der Waals surface area (Å²) in [5, 5.41) is 6.80. The zero-order valence-electron chi connectivity index (χ0n) is 13.8. The van der Waals surface area contributed by atoms with E-state index in [-0.39, 0.29) is 24.2 Å². The summed E-state index contributed by atoms with van der Waals surface area (Å²) in [6, 6.07) is 15.4. The van der Waals surface area contributed by atoms with E-state index in [0.29, 0.717) is 18.1 Å². The van der Waals surface area contributed by atoms with Crippen LogP contribution in [-0.4, -0.2) is 16.0 Å². The molecule has 0 saturated carbocycles. The monoisotopic (exact) mass is 339 g/mol. The minimum absolute atomic E-state index is 0.128. The van der Waals surface area contributed by atoms with Gasteiger partial charge in [-0.25, -0.2) is 4.39 Å². The Labute approximate surface area is 144 Å². The van der Waals surface area contributed by atoms with Crippen LogP contribution in [0.3, 0.4) is 0 Å². The first-order chi connectivity index (χ1) is 12.1. The van der Waals surface area contributed by atoms with Crippen molar-refractivity contribution >= 4 is 5.91 Å². The molecule has 0 radical (unpaired) electrons. The van der Waals surface area contributed by atoms with Crippen molar-refractivity contribution < 1.29 is 13.7 Å². The molecular weight excluding hydrogens is 321 g/mol. The van der Waals surface area contributed by atoms with Gasteiger partial charge >= 0.3 is 0 Å². The molecule has 0 aliphatic carbocycles. The van der Waals surface area contributed by atoms with Gasteiger partial charge in [-0.05, 0) is 24.6 Å². The number of hydrogen-bond acceptors (Lipinski definition) is 4. The molecule has 1 heterocycles. The number of aryl methyl sites for hydroxylation is 1. The Morgan fingerprint density at radius 2 is 1.88 bits per heavy atom. The molecule has 1 aromatic heterocycles. The molecule has 2 aromatic carbocycles. The smallest absolute Gasteiger partial charge is 0.227 e. The largest absolute Gasteiger partial charge is 0.350 e. The van der Waals surface area contributed by atoms with Crippen molar-refractivity contribution in [2.75, 3.05) is 0 Å². The second-order valence-electron chi connectivity index (χ2n) is 5.72. The fourth-order valence-electron chi connectivity index (χ4n) is 2.43. The highest BCUT2D eigenvalue weighted by atomic mass is 19.1. The van der Waals surface area contributed by atoms with Crippen LogP contribution >= 0.6 is 0 Å². The van der Waals surface area contributed by atoms with E-state index in [9.17, 15) is 9.18 Å². The van der Waals surface area contributed by atoms with E-state index in [0.717, 1.165) is 11.1 Å². The summed E-state index contributed by atoms with van der Waals surface area (Å²) in [4.78, 5) is 16.4. The number of carbonyl (C=O) groups excluding carboxylic acids is 1. The van der Waals surface area contributed by atoms with E-state index in [1.165, 1.54) is 12.1 Å². The Morgan fingerprint density at radius 3 is 2.60 bits per heavy atom. The molecule has 0 saturated heterocycles. The van der Waals surface area contributed by atoms with Crippen LogP contribution in [0.4, 0.5) is 4.39 Å². The van der Waals surface area contributed by atoms with Gasteiger partial charge in [0.1, 0.15) is 5.82 Å². The van der Waals surface area contributed by atoms with E-state index in [4.69, 9.17) is 4.52 Å². The van der Waals surface area contributed by atoms with E-state index >= 15 is 0 Å². The summed E-state index contributed by atoms with van der Waals surface area (Å²) in [5.74, 6) is 0.503. The highest BCUT2D eigenvalue weighted by molar-refractivity contribution is 5.76. The van der Waals surface area contributed by atoms with Crippen LogP contribution in [0.25, 0.3) is 11.4 Å². The van der Waals surface area contributed by atoms with E-state index in [1.54, 1.807) is 12.1 Å². The summed E-state index contributed by atoms with van der Waals surface area (Å²) < 4.78 is 18.1. The Bertz CT molecular complexity index is 831. The van der Waals surface area contributed by atoms with Crippen LogP contribution in [0, 0.1) is 5.82 Å². The number of nitrogens with zero attached hydrogens (tertiary/aromatic N) is 2. The number of carbonyl (C=O) groups is 1. The molecule has 25 heavy (non-hydrogen) atoms. The summed E-state index contributed by atoms with van der Waals surface area (Å²) in [7, 11) is 0. The van der Waals surface area contributed by atoms with Crippen molar-refractivity contribution in [1.29, 1.82) is 0 Å². The third-order valence-electron chi connectivity index (χ3n) is 3.81. The first kappa shape index (κ1) is 16.8. The molecule has 1 N–H and O–H groups in total. The molecule has 0 aliphatic rings. The predicted molar refractivity (Wildman–Crippen MR) is 91.0 cm³/mol. The molecule has 5 nitrogen and oxygen atoms in total. The average Bonchev–Trinajstić information content (AvgIpc) is 3.10. The number of aromatic nitrogens is 2. The number of benzene rings is 2. The van der Waals surface area contributed by atoms with E-state index < -0.39 is 0 Å². The van der Waals surface area contributed by atoms with E-state index in [2.05, 4.69) is 15.5 Å². The molecule has 3 rings (SSSR count). The van der Waals surface area contributed by atoms with Gasteiger partial charge in [-0.3, -0.25) is 4.79 Å². The highest BCUT2D eigenvalue weighted by Crippen LogP contribution is 2.16. The van der Waals surface area contributed by atoms with Gasteiger partial charge in [0.05, 0.1) is 6.04 Å². The molecule has 1 atom stereocenters. The zero-order valence-corrected chi connectivity index (χ0v) is 13.8. The lowest BCUT2D eigenvalue weighted by molar-refractivity contribution is -0.121. The molecule has 128 valence electrons. The highest BCUT2D eigenvalue weighted by Gasteiger charge is 2.13. The van der Waals surface area contributed by atoms with Crippen molar-refractivity contribution in [2.45, 2.75) is 25.8 Å². The first-order valence-electron chi connectivity index (χ1n) is 8.04. The van der Waals surface area contributed by atoms with Crippen molar-refractivity contribution in [1.82, 2.24) is 15.5 Å². The van der Waals surface area contributed by atoms with Gasteiger partial charge in [-0.2, -0.15) is 4.98 Å². The Morgan fingerprint density at radius 1 is 1.16 bits per heavy atom. The summed E-state index contributed by atoms with van der Waals surface area (Å²) >= 11 is 0. The predicted octanol–water partition coefficient (Wildman–Crippen LogP) is 3.69. The lowest BCUT2D eigenvalue weighted by Gasteiger charge is -2.13. The van der Waals surface area contributed by atoms with Crippen molar-refractivity contribution in [3.63, 3.8) is 0 Å². The summed E-state index contributed by atoms with van der Waals surface area (Å²) in [5.41, 5.74) is 1.71. The molecular formula is C19H18FN3O2. The lowest BCUT2D eigenvalue weighted by Crippen LogP contribution is -2.26. The van der Waals surface area contributed by atoms with Gasteiger partial charge in [-0.1, -0.05) is 47.6 Å². The number of rotatable bonds is 6. The van der Waals surface area contributed by atoms with Crippen LogP contribution in [0.1, 0.15) is 30.8 Å². The second-order valence-corrected chi connectivity index (χ2v) is 5.72. The fourth-order valence-corrected chi connectivity index (χ4v) is 2.43. The van der Waals surface area contributed by atoms with Crippen LogP contribution in [0.15, 0.2) is 59.1 Å². The maximum Gasteiger partial charge on any atom is 0.227 e. The van der Waals surface area contributed by atoms with Gasteiger partial charge in [0.2, 0.25) is 17.6 Å². The third-order valence-corrected chi connectivity index (χ3v) is 3.81. The molecule has 6 heteroatoms. The molecule has 3 aromatic rings. The Balaban J connectivity index is 1.52. The molecule has 0 spiro atoms. The normalized spacial score (nSPS) is 11.9. The third kappa shape index (κ3) is 4.50. The summed E-state index contributed by atoms with van der Waals surface area (Å²) in [6.07, 6.45) is 0.601. The number of amides is 1. The molecule has 0 bridgehead atoms. The number of halogens is 1. The van der Waals surface area contributed by atoms with Crippen molar-refractivity contribution in [2.24, 2.45) is 0 Å². The molecule has 0 aliphatic heterocycles. The SMILES string of the molecule is C[C@@H](NC(=O)CCc1nc(-c2ccccc2)no1)c1ccc(F)cc1. The minimum Gasteiger partial charge on any atom is -0.350 e. The lowest BCUT2D eigenvalue weighted by atomic mass is 10.1. The van der Waals surface area contributed by atoms with Crippen molar-refractivity contribution in [3.8, 4) is 11.4 Å². The summed E-state index contributed by atoms with van der Waals surface area (Å²) in [6.45, 7) is 1.85. The number of nitrogens with one attached hydrogen (secondary N) is 1. The molecule has 0 unspecified atom stereocenters. The van der Waals surface area contributed by atoms with Crippen molar-refractivity contribution in [3.05, 3.63) is 71.9 Å². The van der Waals surface area contributed by atoms with Gasteiger partial charge in [-0.15, -0.1) is 0 Å². The Hall–Kier alpha value is -3.02. The standard InChI is InChI=1S/C19H18FN3O2/c1-13(14-7-9-16(20)10-8-14)21-17(24)11-12-18-22-19(23-25-18)15-5-3-2-4-6-15/h2-10,13H,11-12H2,1H3,(H,21,24)/t13-/m1/s1.